The number of allylic oxidation sites excluding steroid dienone is 1. The molecule has 0 aromatic heterocycles. The largest absolute Gasteiger partial charge is 0.479 e. The van der Waals surface area contributed by atoms with E-state index in [1.807, 2.05) is 12.2 Å². The predicted molar refractivity (Wildman–Crippen MR) is 123 cm³/mol. The van der Waals surface area contributed by atoms with E-state index in [9.17, 15) is 24.3 Å². The van der Waals surface area contributed by atoms with Gasteiger partial charge in [-0.25, -0.2) is 9.59 Å². The number of carbonyl (C=O) groups is 4. The van der Waals surface area contributed by atoms with E-state index >= 15 is 0 Å². The van der Waals surface area contributed by atoms with Gasteiger partial charge in [0.15, 0.2) is 0 Å². The number of nitrogens with zero attached hydrogens (tertiary/aromatic N) is 1. The van der Waals surface area contributed by atoms with Gasteiger partial charge in [-0.1, -0.05) is 25.0 Å². The van der Waals surface area contributed by atoms with E-state index in [0.717, 1.165) is 19.3 Å². The number of alkyl carbamates (subject to hydrolysis) is 1. The van der Waals surface area contributed by atoms with Crippen LogP contribution in [-0.4, -0.2) is 76.9 Å². The number of methoxy groups -OCH3 is 1. The average molecular weight is 480 g/mol. The fourth-order valence-corrected chi connectivity index (χ4v) is 4.68. The Hall–Kier alpha value is -2.62. The molecular formula is C24H37N3O7. The second kappa shape index (κ2) is 10.3. The number of fused-ring (bicyclic) bond motifs is 2. The minimum Gasteiger partial charge on any atom is -0.479 e. The first-order valence-corrected chi connectivity index (χ1v) is 12.0. The van der Waals surface area contributed by atoms with Crippen LogP contribution in [0.5, 0.6) is 0 Å². The lowest BCUT2D eigenvalue weighted by atomic mass is 10.0. The van der Waals surface area contributed by atoms with Gasteiger partial charge in [0.25, 0.3) is 0 Å². The van der Waals surface area contributed by atoms with Gasteiger partial charge in [-0.3, -0.25) is 9.59 Å². The number of hydrogen-bond donors (Lipinski definition) is 3. The van der Waals surface area contributed by atoms with E-state index in [4.69, 9.17) is 9.47 Å². The highest BCUT2D eigenvalue weighted by molar-refractivity contribution is 5.96. The topological polar surface area (TPSA) is 134 Å². The molecule has 10 nitrogen and oxygen atoms in total. The summed E-state index contributed by atoms with van der Waals surface area (Å²) in [4.78, 5) is 52.7. The van der Waals surface area contributed by atoms with Crippen molar-refractivity contribution in [2.45, 2.75) is 95.0 Å². The molecule has 0 unspecified atom stereocenters. The third kappa shape index (κ3) is 6.08. The van der Waals surface area contributed by atoms with Crippen molar-refractivity contribution in [3.63, 3.8) is 0 Å². The molecule has 1 aliphatic carbocycles. The van der Waals surface area contributed by atoms with Crippen LogP contribution in [0.3, 0.4) is 0 Å². The third-order valence-electron chi connectivity index (χ3n) is 6.65. The molecule has 2 fully saturated rings. The normalized spacial score (nSPS) is 33.5. The molecule has 0 radical (unpaired) electrons. The molecule has 3 rings (SSSR count). The number of carbonyl (C=O) groups excluding carboxylic acids is 3. The molecule has 1 saturated heterocycles. The maximum atomic E-state index is 13.6. The maximum absolute atomic E-state index is 13.6. The highest BCUT2D eigenvalue weighted by Crippen LogP contribution is 2.45. The van der Waals surface area contributed by atoms with Crippen LogP contribution in [0.25, 0.3) is 0 Å². The summed E-state index contributed by atoms with van der Waals surface area (Å²) in [6.07, 6.45) is 6.97. The second-order valence-electron chi connectivity index (χ2n) is 10.4. The second-order valence-corrected chi connectivity index (χ2v) is 10.4. The van der Waals surface area contributed by atoms with Crippen molar-refractivity contribution in [3.8, 4) is 0 Å². The molecule has 5 atom stereocenters. The molecule has 0 aromatic rings. The SMILES string of the molecule is CO[C@@H]1C[C@H]2C(=O)N[C@]3(C(=O)O)C[C@@H]3/C=C\CCCCC[C@H](NC(=O)OC(C)(C)C)C(=O)N2C1. The van der Waals surface area contributed by atoms with Crippen molar-refractivity contribution < 1.29 is 33.8 Å². The van der Waals surface area contributed by atoms with Crippen LogP contribution in [0, 0.1) is 5.92 Å². The number of hydrogen-bond acceptors (Lipinski definition) is 6. The molecule has 3 N–H and O–H groups in total. The molecule has 0 aromatic carbocycles. The Balaban J connectivity index is 1.85. The minimum atomic E-state index is -1.35. The van der Waals surface area contributed by atoms with E-state index in [2.05, 4.69) is 10.6 Å². The van der Waals surface area contributed by atoms with Crippen LogP contribution in [0.15, 0.2) is 12.2 Å². The quantitative estimate of drug-likeness (QED) is 0.527. The van der Waals surface area contributed by atoms with E-state index < -0.39 is 47.1 Å². The highest BCUT2D eigenvalue weighted by atomic mass is 16.6. The first-order valence-electron chi connectivity index (χ1n) is 12.0. The van der Waals surface area contributed by atoms with Gasteiger partial charge in [0.2, 0.25) is 11.8 Å². The van der Waals surface area contributed by atoms with Crippen LogP contribution >= 0.6 is 0 Å². The number of amides is 3. The number of nitrogens with one attached hydrogen (secondary N) is 2. The Morgan fingerprint density at radius 3 is 2.62 bits per heavy atom. The summed E-state index contributed by atoms with van der Waals surface area (Å²) in [6, 6.07) is -1.74. The summed E-state index contributed by atoms with van der Waals surface area (Å²) in [5, 5.41) is 15.2. The number of ether oxygens (including phenoxy) is 2. The summed E-state index contributed by atoms with van der Waals surface area (Å²) in [7, 11) is 1.51. The highest BCUT2D eigenvalue weighted by Gasteiger charge is 2.61. The standard InChI is InChI=1S/C24H37N3O7/c1-23(2,3)34-22(32)25-17-11-9-7-5-6-8-10-15-13-24(15,21(30)31)26-19(28)18-12-16(33-4)14-27(18)20(17)29/h8,10,15-18H,5-7,9,11-14H2,1-4H3,(H,25,32)(H,26,28)(H,30,31)/b10-8-/t15-,16+,17-,18-,24+/m0/s1. The Labute approximate surface area is 200 Å². The smallest absolute Gasteiger partial charge is 0.408 e. The molecule has 0 spiro atoms. The van der Waals surface area contributed by atoms with E-state index in [1.165, 1.54) is 12.0 Å². The first-order chi connectivity index (χ1) is 16.0. The van der Waals surface area contributed by atoms with Gasteiger partial charge in [-0.05, 0) is 46.5 Å². The zero-order chi connectivity index (χ0) is 25.1. The summed E-state index contributed by atoms with van der Waals surface area (Å²) >= 11 is 0. The van der Waals surface area contributed by atoms with E-state index in [0.29, 0.717) is 19.3 Å². The Morgan fingerprint density at radius 2 is 1.97 bits per heavy atom. The predicted octanol–water partition coefficient (Wildman–Crippen LogP) is 1.98. The number of carboxylic acids is 1. The minimum absolute atomic E-state index is 0.184. The molecule has 190 valence electrons. The number of rotatable bonds is 3. The third-order valence-corrected chi connectivity index (χ3v) is 6.65. The molecule has 3 aliphatic rings. The van der Waals surface area contributed by atoms with Crippen LogP contribution in [0.1, 0.15) is 65.7 Å². The van der Waals surface area contributed by atoms with Gasteiger partial charge in [0.1, 0.15) is 23.2 Å². The summed E-state index contributed by atoms with van der Waals surface area (Å²) in [6.45, 7) is 5.41. The van der Waals surface area contributed by atoms with Crippen LogP contribution in [-0.2, 0) is 23.9 Å². The molecule has 1 saturated carbocycles. The number of aliphatic carboxylic acids is 1. The first kappa shape index (κ1) is 26.0. The van der Waals surface area contributed by atoms with Crippen molar-refractivity contribution in [2.24, 2.45) is 5.92 Å². The van der Waals surface area contributed by atoms with Crippen molar-refractivity contribution in [1.82, 2.24) is 15.5 Å². The number of carboxylic acid groups (broad SMARTS) is 1. The van der Waals surface area contributed by atoms with Gasteiger partial charge in [-0.2, -0.15) is 0 Å². The molecule has 0 bridgehead atoms. The lowest BCUT2D eigenvalue weighted by Gasteiger charge is -2.30. The summed E-state index contributed by atoms with van der Waals surface area (Å²) < 4.78 is 10.8. The van der Waals surface area contributed by atoms with E-state index in [1.54, 1.807) is 20.8 Å². The Kier molecular flexibility index (Phi) is 7.90. The van der Waals surface area contributed by atoms with Crippen molar-refractivity contribution in [3.05, 3.63) is 12.2 Å². The molecular weight excluding hydrogens is 442 g/mol. The fraction of sp³-hybridized carbons (Fsp3) is 0.750. The fourth-order valence-electron chi connectivity index (χ4n) is 4.68. The lowest BCUT2D eigenvalue weighted by Crippen LogP contribution is -2.56. The van der Waals surface area contributed by atoms with Crippen LogP contribution in [0.4, 0.5) is 4.79 Å². The average Bonchev–Trinajstić information content (AvgIpc) is 3.26. The van der Waals surface area contributed by atoms with Gasteiger partial charge >= 0.3 is 12.1 Å². The van der Waals surface area contributed by atoms with Gasteiger partial charge in [0, 0.05) is 26.0 Å². The molecule has 10 heteroatoms. The molecule has 34 heavy (non-hydrogen) atoms. The molecule has 2 heterocycles. The van der Waals surface area contributed by atoms with E-state index in [-0.39, 0.29) is 25.0 Å². The van der Waals surface area contributed by atoms with Crippen LogP contribution in [0.2, 0.25) is 0 Å². The summed E-state index contributed by atoms with van der Waals surface area (Å²) in [5.74, 6) is -2.26. The zero-order valence-electron chi connectivity index (χ0n) is 20.5. The van der Waals surface area contributed by atoms with Crippen molar-refractivity contribution in [2.75, 3.05) is 13.7 Å². The van der Waals surface area contributed by atoms with Crippen LogP contribution < -0.4 is 10.6 Å². The Morgan fingerprint density at radius 1 is 1.24 bits per heavy atom. The summed E-state index contributed by atoms with van der Waals surface area (Å²) in [5.41, 5.74) is -2.07. The monoisotopic (exact) mass is 479 g/mol. The maximum Gasteiger partial charge on any atom is 0.408 e. The molecule has 2 aliphatic heterocycles. The van der Waals surface area contributed by atoms with Gasteiger partial charge in [0.05, 0.1) is 6.10 Å². The van der Waals surface area contributed by atoms with Crippen molar-refractivity contribution in [1.29, 1.82) is 0 Å². The zero-order valence-corrected chi connectivity index (χ0v) is 20.5. The molecule has 3 amide bonds. The van der Waals surface area contributed by atoms with Crippen molar-refractivity contribution >= 4 is 23.9 Å². The van der Waals surface area contributed by atoms with Gasteiger partial charge in [-0.15, -0.1) is 0 Å². The van der Waals surface area contributed by atoms with Gasteiger partial charge < -0.3 is 30.1 Å². The Bertz CT molecular complexity index is 837. The lowest BCUT2D eigenvalue weighted by molar-refractivity contribution is -0.145.